The van der Waals surface area contributed by atoms with Crippen LogP contribution in [-0.2, 0) is 6.54 Å². The fourth-order valence-electron chi connectivity index (χ4n) is 1.24. The predicted octanol–water partition coefficient (Wildman–Crippen LogP) is 0.992. The third-order valence-electron chi connectivity index (χ3n) is 2.08. The van der Waals surface area contributed by atoms with Gasteiger partial charge in [-0.2, -0.15) is 5.26 Å². The number of aliphatic imine (C=N–C) groups is 1. The van der Waals surface area contributed by atoms with Crippen molar-refractivity contribution in [1.29, 1.82) is 5.26 Å². The van der Waals surface area contributed by atoms with Crippen molar-refractivity contribution in [2.24, 2.45) is 4.99 Å². The lowest BCUT2D eigenvalue weighted by atomic mass is 10.1. The molecule has 1 rings (SSSR count). The van der Waals surface area contributed by atoms with Gasteiger partial charge in [0.05, 0.1) is 11.6 Å². The molecule has 0 aliphatic carbocycles. The molecule has 4 nitrogen and oxygen atoms in total. The van der Waals surface area contributed by atoms with Gasteiger partial charge in [0.1, 0.15) is 5.82 Å². The van der Waals surface area contributed by atoms with Gasteiger partial charge in [0.2, 0.25) is 0 Å². The van der Waals surface area contributed by atoms with Crippen LogP contribution in [0, 0.1) is 17.1 Å². The molecule has 0 saturated carbocycles. The van der Waals surface area contributed by atoms with Gasteiger partial charge in [-0.15, -0.1) is 0 Å². The summed E-state index contributed by atoms with van der Waals surface area (Å²) in [4.78, 5) is 3.90. The van der Waals surface area contributed by atoms with Crippen LogP contribution in [0.3, 0.4) is 0 Å². The van der Waals surface area contributed by atoms with Gasteiger partial charge in [0.15, 0.2) is 5.96 Å². The highest BCUT2D eigenvalue weighted by Crippen LogP contribution is 2.09. The third-order valence-corrected chi connectivity index (χ3v) is 2.08. The van der Waals surface area contributed by atoms with E-state index in [2.05, 4.69) is 15.6 Å². The average Bonchev–Trinajstić information content (AvgIpc) is 2.32. The Hall–Kier alpha value is -2.09. The first-order valence-corrected chi connectivity index (χ1v) is 4.78. The monoisotopic (exact) mass is 220 g/mol. The van der Waals surface area contributed by atoms with E-state index in [-0.39, 0.29) is 12.4 Å². The van der Waals surface area contributed by atoms with Crippen molar-refractivity contribution in [2.75, 3.05) is 14.1 Å². The first-order chi connectivity index (χ1) is 7.71. The first kappa shape index (κ1) is 12.0. The number of rotatable bonds is 2. The highest BCUT2D eigenvalue weighted by Gasteiger charge is 2.04. The molecular weight excluding hydrogens is 207 g/mol. The Morgan fingerprint density at radius 1 is 1.56 bits per heavy atom. The van der Waals surface area contributed by atoms with E-state index in [1.54, 1.807) is 14.1 Å². The average molecular weight is 220 g/mol. The van der Waals surface area contributed by atoms with E-state index in [1.165, 1.54) is 18.2 Å². The lowest BCUT2D eigenvalue weighted by Gasteiger charge is -2.09. The van der Waals surface area contributed by atoms with Gasteiger partial charge in [-0.3, -0.25) is 4.99 Å². The number of hydrogen-bond acceptors (Lipinski definition) is 2. The number of guanidine groups is 1. The lowest BCUT2D eigenvalue weighted by molar-refractivity contribution is 0.605. The highest BCUT2D eigenvalue weighted by molar-refractivity contribution is 5.79. The molecule has 0 atom stereocenters. The number of nitriles is 1. The molecule has 0 unspecified atom stereocenters. The van der Waals surface area contributed by atoms with Gasteiger partial charge in [-0.25, -0.2) is 4.39 Å². The smallest absolute Gasteiger partial charge is 0.190 e. The number of hydrogen-bond donors (Lipinski definition) is 2. The van der Waals surface area contributed by atoms with Crippen LogP contribution in [0.15, 0.2) is 23.2 Å². The second-order valence-electron chi connectivity index (χ2n) is 3.09. The van der Waals surface area contributed by atoms with Crippen LogP contribution in [-0.4, -0.2) is 20.1 Å². The summed E-state index contributed by atoms with van der Waals surface area (Å²) in [5, 5.41) is 14.4. The van der Waals surface area contributed by atoms with Crippen molar-refractivity contribution >= 4 is 5.96 Å². The molecule has 1 aromatic rings. The largest absolute Gasteiger partial charge is 0.359 e. The molecule has 0 heterocycles. The Morgan fingerprint density at radius 2 is 2.31 bits per heavy atom. The minimum absolute atomic E-state index is 0.287. The number of halogens is 1. The molecule has 0 saturated heterocycles. The summed E-state index contributed by atoms with van der Waals surface area (Å²) >= 11 is 0. The normalized spacial score (nSPS) is 10.8. The molecule has 84 valence electrons. The summed E-state index contributed by atoms with van der Waals surface area (Å²) in [6, 6.07) is 6.23. The molecule has 0 spiro atoms. The number of benzene rings is 1. The van der Waals surface area contributed by atoms with Crippen LogP contribution >= 0.6 is 0 Å². The SMILES string of the molecule is CN=C(NC)NCc1cc(C#N)ccc1F. The van der Waals surface area contributed by atoms with Crippen LogP contribution < -0.4 is 10.6 Å². The summed E-state index contributed by atoms with van der Waals surface area (Å²) in [7, 11) is 3.35. The van der Waals surface area contributed by atoms with Crippen LogP contribution in [0.5, 0.6) is 0 Å². The second kappa shape index (κ2) is 5.71. The maximum absolute atomic E-state index is 13.4. The van der Waals surface area contributed by atoms with Crippen LogP contribution in [0.2, 0.25) is 0 Å². The first-order valence-electron chi connectivity index (χ1n) is 4.78. The molecule has 0 aliphatic rings. The molecule has 5 heteroatoms. The van der Waals surface area contributed by atoms with E-state index in [0.29, 0.717) is 17.1 Å². The van der Waals surface area contributed by atoms with Crippen molar-refractivity contribution in [3.8, 4) is 6.07 Å². The van der Waals surface area contributed by atoms with E-state index in [1.807, 2.05) is 6.07 Å². The Balaban J connectivity index is 2.77. The van der Waals surface area contributed by atoms with E-state index in [9.17, 15) is 4.39 Å². The highest BCUT2D eigenvalue weighted by atomic mass is 19.1. The summed E-state index contributed by atoms with van der Waals surface area (Å²) in [5.41, 5.74) is 0.882. The Morgan fingerprint density at radius 3 is 2.88 bits per heavy atom. The topological polar surface area (TPSA) is 60.2 Å². The zero-order valence-corrected chi connectivity index (χ0v) is 9.21. The maximum Gasteiger partial charge on any atom is 0.190 e. The van der Waals surface area contributed by atoms with Crippen molar-refractivity contribution < 1.29 is 4.39 Å². The zero-order chi connectivity index (χ0) is 12.0. The third kappa shape index (κ3) is 2.95. The van der Waals surface area contributed by atoms with Gasteiger partial charge in [-0.1, -0.05) is 0 Å². The van der Waals surface area contributed by atoms with Gasteiger partial charge in [-0.05, 0) is 18.2 Å². The molecule has 2 N–H and O–H groups in total. The van der Waals surface area contributed by atoms with Gasteiger partial charge in [0.25, 0.3) is 0 Å². The van der Waals surface area contributed by atoms with Crippen LogP contribution in [0.4, 0.5) is 4.39 Å². The van der Waals surface area contributed by atoms with Crippen LogP contribution in [0.25, 0.3) is 0 Å². The molecule has 0 bridgehead atoms. The van der Waals surface area contributed by atoms with E-state index >= 15 is 0 Å². The number of nitrogens with zero attached hydrogens (tertiary/aromatic N) is 2. The van der Waals surface area contributed by atoms with Crippen molar-refractivity contribution in [3.05, 3.63) is 35.1 Å². The molecule has 0 aromatic heterocycles. The molecular formula is C11H13FN4. The van der Waals surface area contributed by atoms with Crippen molar-refractivity contribution in [3.63, 3.8) is 0 Å². The maximum atomic E-state index is 13.4. The summed E-state index contributed by atoms with van der Waals surface area (Å²) in [6.45, 7) is 0.287. The molecule has 1 aromatic carbocycles. The Bertz CT molecular complexity index is 434. The standard InChI is InChI=1S/C11H13FN4/c1-14-11(15-2)16-7-9-5-8(6-13)3-4-10(9)12/h3-5H,7H2,1-2H3,(H2,14,15,16). The van der Waals surface area contributed by atoms with Crippen molar-refractivity contribution in [2.45, 2.75) is 6.54 Å². The molecule has 16 heavy (non-hydrogen) atoms. The fraction of sp³-hybridized carbons (Fsp3) is 0.273. The fourth-order valence-corrected chi connectivity index (χ4v) is 1.24. The van der Waals surface area contributed by atoms with E-state index in [4.69, 9.17) is 5.26 Å². The molecule has 0 fully saturated rings. The Labute approximate surface area is 93.8 Å². The Kier molecular flexibility index (Phi) is 4.28. The van der Waals surface area contributed by atoms with Gasteiger partial charge >= 0.3 is 0 Å². The number of nitrogens with one attached hydrogen (secondary N) is 2. The van der Waals surface area contributed by atoms with Gasteiger partial charge < -0.3 is 10.6 Å². The lowest BCUT2D eigenvalue weighted by Crippen LogP contribution is -2.34. The molecule has 0 aliphatic heterocycles. The van der Waals surface area contributed by atoms with Crippen LogP contribution in [0.1, 0.15) is 11.1 Å². The zero-order valence-electron chi connectivity index (χ0n) is 9.21. The minimum Gasteiger partial charge on any atom is -0.359 e. The minimum atomic E-state index is -0.335. The quantitative estimate of drug-likeness (QED) is 0.577. The van der Waals surface area contributed by atoms with E-state index < -0.39 is 0 Å². The molecule has 0 amide bonds. The molecule has 0 radical (unpaired) electrons. The van der Waals surface area contributed by atoms with E-state index in [0.717, 1.165) is 0 Å². The predicted molar refractivity (Wildman–Crippen MR) is 60.4 cm³/mol. The van der Waals surface area contributed by atoms with Crippen molar-refractivity contribution in [1.82, 2.24) is 10.6 Å². The second-order valence-corrected chi connectivity index (χ2v) is 3.09. The summed E-state index contributed by atoms with van der Waals surface area (Å²) < 4.78 is 13.4. The summed E-state index contributed by atoms with van der Waals surface area (Å²) in [6.07, 6.45) is 0. The summed E-state index contributed by atoms with van der Waals surface area (Å²) in [5.74, 6) is 0.236. The van der Waals surface area contributed by atoms with Gasteiger partial charge in [0, 0.05) is 26.2 Å².